The minimum absolute atomic E-state index is 0.106. The maximum atomic E-state index is 13.9. The molecule has 0 aromatic heterocycles. The van der Waals surface area contributed by atoms with Crippen LogP contribution in [-0.2, 0) is 11.2 Å². The zero-order valence-electron chi connectivity index (χ0n) is 19.7. The molecule has 6 nitrogen and oxygen atoms in total. The predicted octanol–water partition coefficient (Wildman–Crippen LogP) is 5.26. The maximum Gasteiger partial charge on any atom is 0.233 e. The number of benzene rings is 3. The van der Waals surface area contributed by atoms with E-state index >= 15 is 0 Å². The number of fused-ring (bicyclic) bond motifs is 4. The Morgan fingerprint density at radius 1 is 1.06 bits per heavy atom. The number of nitrogens with zero attached hydrogens (tertiary/aromatic N) is 2. The lowest BCUT2D eigenvalue weighted by Gasteiger charge is -2.55. The summed E-state index contributed by atoms with van der Waals surface area (Å²) in [7, 11) is 3.16. The van der Waals surface area contributed by atoms with Crippen LogP contribution in [0.3, 0.4) is 0 Å². The first-order chi connectivity index (χ1) is 16.9. The lowest BCUT2D eigenvalue weighted by Crippen LogP contribution is -2.67. The molecule has 1 fully saturated rings. The Morgan fingerprint density at radius 3 is 2.46 bits per heavy atom. The van der Waals surface area contributed by atoms with Crippen LogP contribution in [0.25, 0.3) is 0 Å². The number of thiocarbonyl (C=S) groups is 1. The molecule has 0 spiro atoms. The number of carbonyl (C=O) groups excluding carboxylic acids is 1. The number of hydrogen-bond acceptors (Lipinski definition) is 5. The molecule has 1 saturated heterocycles. The van der Waals surface area contributed by atoms with E-state index in [-0.39, 0.29) is 24.2 Å². The number of hydrogen-bond donors (Lipinski definition) is 0. The van der Waals surface area contributed by atoms with Crippen LogP contribution in [-0.4, -0.2) is 35.9 Å². The van der Waals surface area contributed by atoms with Gasteiger partial charge < -0.3 is 14.2 Å². The monoisotopic (exact) mass is 492 g/mol. The highest BCUT2D eigenvalue weighted by atomic mass is 32.1. The number of carbonyl (C=O) groups is 1. The molecule has 0 N–H and O–H groups in total. The molecule has 2 atom stereocenters. The standard InChI is InChI=1S/C27H25FN2O4S/c1-27-16-21(20-8-6-10-23(33-3)25(20)34-27)29(24(31)15-17-7-4-5-9-22(17)32-2)26(35)30(27)19-13-11-18(28)12-14-19/h4-14,21H,15-16H2,1-3H3/t21-,27+/m1/s1. The van der Waals surface area contributed by atoms with E-state index in [2.05, 4.69) is 0 Å². The van der Waals surface area contributed by atoms with E-state index in [1.807, 2.05) is 49.4 Å². The molecule has 3 aromatic rings. The third-order valence-corrected chi connectivity index (χ3v) is 6.93. The van der Waals surface area contributed by atoms with Gasteiger partial charge >= 0.3 is 0 Å². The molecule has 0 saturated carbocycles. The molecule has 8 heteroatoms. The van der Waals surface area contributed by atoms with Gasteiger partial charge in [0, 0.05) is 23.2 Å². The van der Waals surface area contributed by atoms with Crippen molar-refractivity contribution >= 4 is 28.9 Å². The van der Waals surface area contributed by atoms with Crippen molar-refractivity contribution in [3.05, 3.63) is 83.7 Å². The quantitative estimate of drug-likeness (QED) is 0.453. The van der Waals surface area contributed by atoms with E-state index in [0.717, 1.165) is 11.1 Å². The molecule has 2 aliphatic heterocycles. The van der Waals surface area contributed by atoms with E-state index in [0.29, 0.717) is 34.5 Å². The fourth-order valence-corrected chi connectivity index (χ4v) is 5.48. The number of rotatable bonds is 5. The molecule has 1 amide bonds. The first kappa shape index (κ1) is 23.1. The SMILES string of the molecule is COc1ccccc1CC(=O)N1C(=S)N(c2ccc(F)cc2)[C@]2(C)C[C@@H]1c1cccc(OC)c1O2. The van der Waals surface area contributed by atoms with Gasteiger partial charge in [0.1, 0.15) is 11.6 Å². The van der Waals surface area contributed by atoms with Crippen LogP contribution >= 0.6 is 12.2 Å². The Hall–Kier alpha value is -3.65. The highest BCUT2D eigenvalue weighted by Crippen LogP contribution is 2.52. The summed E-state index contributed by atoms with van der Waals surface area (Å²) in [4.78, 5) is 17.3. The molecule has 0 radical (unpaired) electrons. The Labute approximate surface area is 208 Å². The van der Waals surface area contributed by atoms with Gasteiger partial charge in [0.15, 0.2) is 22.3 Å². The van der Waals surface area contributed by atoms with Crippen LogP contribution < -0.4 is 19.1 Å². The summed E-state index contributed by atoms with van der Waals surface area (Å²) in [6.45, 7) is 1.92. The summed E-state index contributed by atoms with van der Waals surface area (Å²) in [5.74, 6) is 1.24. The lowest BCUT2D eigenvalue weighted by atomic mass is 9.88. The highest BCUT2D eigenvalue weighted by molar-refractivity contribution is 7.80. The summed E-state index contributed by atoms with van der Waals surface area (Å²) >= 11 is 5.93. The molecule has 2 aliphatic rings. The van der Waals surface area contributed by atoms with E-state index < -0.39 is 5.72 Å². The van der Waals surface area contributed by atoms with Crippen molar-refractivity contribution in [3.63, 3.8) is 0 Å². The molecule has 3 aromatic carbocycles. The van der Waals surface area contributed by atoms with Crippen molar-refractivity contribution in [2.45, 2.75) is 31.5 Å². The van der Waals surface area contributed by atoms with Crippen molar-refractivity contribution in [2.75, 3.05) is 19.1 Å². The van der Waals surface area contributed by atoms with Crippen molar-refractivity contribution in [1.29, 1.82) is 0 Å². The Morgan fingerprint density at radius 2 is 1.74 bits per heavy atom. The molecule has 2 heterocycles. The van der Waals surface area contributed by atoms with E-state index in [1.54, 1.807) is 36.2 Å². The van der Waals surface area contributed by atoms with Crippen molar-refractivity contribution in [1.82, 2.24) is 4.90 Å². The second-order valence-electron chi connectivity index (χ2n) is 8.72. The number of ether oxygens (including phenoxy) is 3. The number of methoxy groups -OCH3 is 2. The summed E-state index contributed by atoms with van der Waals surface area (Å²) in [6, 6.07) is 18.7. The van der Waals surface area contributed by atoms with Crippen molar-refractivity contribution < 1.29 is 23.4 Å². The minimum atomic E-state index is -0.914. The third kappa shape index (κ3) is 3.87. The topological polar surface area (TPSA) is 51.2 Å². The molecule has 180 valence electrons. The van der Waals surface area contributed by atoms with Crippen LogP contribution in [0.15, 0.2) is 66.7 Å². The second-order valence-corrected chi connectivity index (χ2v) is 9.09. The van der Waals surface area contributed by atoms with Crippen LogP contribution in [0.2, 0.25) is 0 Å². The van der Waals surface area contributed by atoms with Gasteiger partial charge in [0.25, 0.3) is 0 Å². The number of amides is 1. The van der Waals surface area contributed by atoms with Crippen molar-refractivity contribution in [3.8, 4) is 17.2 Å². The van der Waals surface area contributed by atoms with Gasteiger partial charge in [0.05, 0.1) is 26.7 Å². The number of halogens is 1. The van der Waals surface area contributed by atoms with Gasteiger partial charge in [-0.1, -0.05) is 30.3 Å². The molecule has 5 rings (SSSR count). The molecular formula is C27H25FN2O4S. The van der Waals surface area contributed by atoms with Gasteiger partial charge in [-0.2, -0.15) is 0 Å². The fraction of sp³-hybridized carbons (Fsp3) is 0.259. The van der Waals surface area contributed by atoms with Crippen LogP contribution in [0.1, 0.15) is 30.5 Å². The summed E-state index contributed by atoms with van der Waals surface area (Å²) in [6.07, 6.45) is 0.567. The average molecular weight is 493 g/mol. The van der Waals surface area contributed by atoms with Crippen LogP contribution in [0.4, 0.5) is 10.1 Å². The van der Waals surface area contributed by atoms with Gasteiger partial charge in [-0.15, -0.1) is 0 Å². The Bertz CT molecular complexity index is 1300. The normalized spacial score (nSPS) is 20.7. The average Bonchev–Trinajstić information content (AvgIpc) is 2.85. The summed E-state index contributed by atoms with van der Waals surface area (Å²) in [5.41, 5.74) is 1.31. The molecule has 0 aliphatic carbocycles. The van der Waals surface area contributed by atoms with Gasteiger partial charge in [-0.05, 0) is 55.5 Å². The van der Waals surface area contributed by atoms with Gasteiger partial charge in [-0.25, -0.2) is 4.39 Å². The van der Waals surface area contributed by atoms with E-state index in [9.17, 15) is 9.18 Å². The molecular weight excluding hydrogens is 467 g/mol. The minimum Gasteiger partial charge on any atom is -0.496 e. The van der Waals surface area contributed by atoms with E-state index in [4.69, 9.17) is 26.4 Å². The smallest absolute Gasteiger partial charge is 0.233 e. The van der Waals surface area contributed by atoms with Crippen LogP contribution in [0.5, 0.6) is 17.2 Å². The van der Waals surface area contributed by atoms with Gasteiger partial charge in [0.2, 0.25) is 5.91 Å². The zero-order valence-corrected chi connectivity index (χ0v) is 20.5. The van der Waals surface area contributed by atoms with Gasteiger partial charge in [-0.3, -0.25) is 14.6 Å². The zero-order chi connectivity index (χ0) is 24.7. The van der Waals surface area contributed by atoms with Crippen LogP contribution in [0, 0.1) is 5.82 Å². The first-order valence-corrected chi connectivity index (χ1v) is 11.7. The first-order valence-electron chi connectivity index (χ1n) is 11.3. The lowest BCUT2D eigenvalue weighted by molar-refractivity contribution is -0.131. The largest absolute Gasteiger partial charge is 0.496 e. The van der Waals surface area contributed by atoms with E-state index in [1.165, 1.54) is 12.1 Å². The predicted molar refractivity (Wildman–Crippen MR) is 134 cm³/mol. The molecule has 0 unspecified atom stereocenters. The second kappa shape index (κ2) is 8.85. The summed E-state index contributed by atoms with van der Waals surface area (Å²) in [5, 5.41) is 0.295. The Kier molecular flexibility index (Phi) is 5.84. The third-order valence-electron chi connectivity index (χ3n) is 6.55. The highest BCUT2D eigenvalue weighted by Gasteiger charge is 2.54. The van der Waals surface area contributed by atoms with Crippen molar-refractivity contribution in [2.24, 2.45) is 0 Å². The fourth-order valence-electron chi connectivity index (χ4n) is 4.96. The molecule has 2 bridgehead atoms. The number of anilines is 1. The molecule has 35 heavy (non-hydrogen) atoms. The maximum absolute atomic E-state index is 13.9. The Balaban J connectivity index is 1.63. The summed E-state index contributed by atoms with van der Waals surface area (Å²) < 4.78 is 31.3. The number of para-hydroxylation sites is 2.